The fourth-order valence-corrected chi connectivity index (χ4v) is 2.76. The minimum Gasteiger partial charge on any atom is -0.488 e. The fraction of sp³-hybridized carbons (Fsp3) is 0.200. The Balaban J connectivity index is 1.60. The van der Waals surface area contributed by atoms with Crippen molar-refractivity contribution in [3.05, 3.63) is 56.6 Å². The van der Waals surface area contributed by atoms with Crippen LogP contribution in [0, 0.1) is 3.57 Å². The Morgan fingerprint density at radius 3 is 2.79 bits per heavy atom. The van der Waals surface area contributed by atoms with Crippen molar-refractivity contribution >= 4 is 39.9 Å². The van der Waals surface area contributed by atoms with Crippen LogP contribution >= 0.6 is 34.2 Å². The minimum absolute atomic E-state index is 0.174. The first-order chi connectivity index (χ1) is 9.20. The first kappa shape index (κ1) is 13.1. The maximum Gasteiger partial charge on any atom is 0.123 e. The van der Waals surface area contributed by atoms with Gasteiger partial charge in [0.15, 0.2) is 0 Å². The van der Waals surface area contributed by atoms with Crippen molar-refractivity contribution in [3.8, 4) is 5.75 Å². The summed E-state index contributed by atoms with van der Waals surface area (Å²) in [6.45, 7) is 0.799. The molecule has 0 spiro atoms. The molecule has 0 saturated carbocycles. The van der Waals surface area contributed by atoms with Crippen LogP contribution in [0.2, 0.25) is 5.02 Å². The molecule has 2 nitrogen and oxygen atoms in total. The van der Waals surface area contributed by atoms with Crippen molar-refractivity contribution in [1.29, 1.82) is 0 Å². The van der Waals surface area contributed by atoms with Crippen molar-refractivity contribution in [2.45, 2.75) is 12.5 Å². The summed E-state index contributed by atoms with van der Waals surface area (Å²) < 4.78 is 7.12. The highest BCUT2D eigenvalue weighted by molar-refractivity contribution is 14.1. The fourth-order valence-electron chi connectivity index (χ4n) is 2.20. The maximum atomic E-state index is 5.99. The Morgan fingerprint density at radius 1 is 1.21 bits per heavy atom. The van der Waals surface area contributed by atoms with Gasteiger partial charge in [-0.2, -0.15) is 0 Å². The van der Waals surface area contributed by atoms with Crippen molar-refractivity contribution in [3.63, 3.8) is 0 Å². The first-order valence-corrected chi connectivity index (χ1v) is 7.61. The van der Waals surface area contributed by atoms with Crippen LogP contribution in [0.3, 0.4) is 0 Å². The van der Waals surface area contributed by atoms with E-state index in [1.54, 1.807) is 0 Å². The summed E-state index contributed by atoms with van der Waals surface area (Å²) in [5.41, 5.74) is 2.32. The zero-order valence-corrected chi connectivity index (χ0v) is 13.1. The van der Waals surface area contributed by atoms with Crippen LogP contribution in [-0.2, 0) is 6.42 Å². The molecule has 1 aliphatic rings. The molecular weight excluding hydrogens is 373 g/mol. The van der Waals surface area contributed by atoms with Gasteiger partial charge in [-0.25, -0.2) is 0 Å². The Bertz CT molecular complexity index is 585. The van der Waals surface area contributed by atoms with E-state index in [1.807, 2.05) is 18.2 Å². The molecule has 0 amide bonds. The third-order valence-corrected chi connectivity index (χ3v) is 4.10. The SMILES string of the molecule is Clc1ccc2c(c1)CC(CNc1ccc(I)cc1)O2. The summed E-state index contributed by atoms with van der Waals surface area (Å²) >= 11 is 8.29. The molecule has 0 saturated heterocycles. The molecule has 19 heavy (non-hydrogen) atoms. The lowest BCUT2D eigenvalue weighted by Gasteiger charge is -2.12. The number of rotatable bonds is 3. The van der Waals surface area contributed by atoms with Gasteiger partial charge in [-0.3, -0.25) is 0 Å². The zero-order chi connectivity index (χ0) is 13.2. The summed E-state index contributed by atoms with van der Waals surface area (Å²) in [4.78, 5) is 0. The van der Waals surface area contributed by atoms with Gasteiger partial charge in [-0.1, -0.05) is 11.6 Å². The highest BCUT2D eigenvalue weighted by atomic mass is 127. The maximum absolute atomic E-state index is 5.99. The summed E-state index contributed by atoms with van der Waals surface area (Å²) in [5, 5.41) is 4.17. The van der Waals surface area contributed by atoms with Gasteiger partial charge in [-0.05, 0) is 70.6 Å². The third kappa shape index (κ3) is 3.15. The number of ether oxygens (including phenoxy) is 1. The van der Waals surface area contributed by atoms with Crippen LogP contribution in [0.5, 0.6) is 5.75 Å². The molecular formula is C15H13ClINO. The standard InChI is InChI=1S/C15H13ClINO/c16-11-1-6-15-10(7-11)8-14(19-15)9-18-13-4-2-12(17)3-5-13/h1-7,14,18H,8-9H2. The molecule has 1 atom stereocenters. The highest BCUT2D eigenvalue weighted by Crippen LogP contribution is 2.31. The molecule has 2 aromatic carbocycles. The molecule has 4 heteroatoms. The zero-order valence-electron chi connectivity index (χ0n) is 10.2. The van der Waals surface area contributed by atoms with E-state index in [0.29, 0.717) is 0 Å². The van der Waals surface area contributed by atoms with E-state index >= 15 is 0 Å². The lowest BCUT2D eigenvalue weighted by atomic mass is 10.1. The number of nitrogens with one attached hydrogen (secondary N) is 1. The first-order valence-electron chi connectivity index (χ1n) is 6.15. The molecule has 0 aromatic heterocycles. The second-order valence-electron chi connectivity index (χ2n) is 4.58. The lowest BCUT2D eigenvalue weighted by molar-refractivity contribution is 0.246. The van der Waals surface area contributed by atoms with Gasteiger partial charge in [0.2, 0.25) is 0 Å². The third-order valence-electron chi connectivity index (χ3n) is 3.14. The Hall–Kier alpha value is -0.940. The van der Waals surface area contributed by atoms with Gasteiger partial charge in [0.25, 0.3) is 0 Å². The van der Waals surface area contributed by atoms with E-state index < -0.39 is 0 Å². The van der Waals surface area contributed by atoms with E-state index in [-0.39, 0.29) is 6.10 Å². The molecule has 2 aromatic rings. The second kappa shape index (κ2) is 5.59. The van der Waals surface area contributed by atoms with Gasteiger partial charge in [0.05, 0.1) is 6.54 Å². The molecule has 3 rings (SSSR count). The monoisotopic (exact) mass is 385 g/mol. The number of fused-ring (bicyclic) bond motifs is 1. The van der Waals surface area contributed by atoms with Crippen molar-refractivity contribution in [2.75, 3.05) is 11.9 Å². The van der Waals surface area contributed by atoms with Crippen LogP contribution in [0.15, 0.2) is 42.5 Å². The highest BCUT2D eigenvalue weighted by Gasteiger charge is 2.22. The van der Waals surface area contributed by atoms with Crippen LogP contribution in [0.1, 0.15) is 5.56 Å². The summed E-state index contributed by atoms with van der Waals surface area (Å²) in [5.74, 6) is 0.957. The van der Waals surface area contributed by atoms with Gasteiger partial charge in [0.1, 0.15) is 11.9 Å². The molecule has 1 unspecified atom stereocenters. The van der Waals surface area contributed by atoms with E-state index in [0.717, 1.165) is 29.4 Å². The predicted octanol–water partition coefficient (Wildman–Crippen LogP) is 4.36. The average Bonchev–Trinajstić information content (AvgIpc) is 2.80. The Morgan fingerprint density at radius 2 is 2.00 bits per heavy atom. The van der Waals surface area contributed by atoms with Crippen LogP contribution in [0.25, 0.3) is 0 Å². The van der Waals surface area contributed by atoms with Crippen molar-refractivity contribution in [1.82, 2.24) is 0 Å². The van der Waals surface area contributed by atoms with Gasteiger partial charge in [0, 0.05) is 20.7 Å². The number of anilines is 1. The summed E-state index contributed by atoms with van der Waals surface area (Å²) in [7, 11) is 0. The van der Waals surface area contributed by atoms with Crippen LogP contribution in [-0.4, -0.2) is 12.6 Å². The number of benzene rings is 2. The largest absolute Gasteiger partial charge is 0.488 e. The minimum atomic E-state index is 0.174. The van der Waals surface area contributed by atoms with Crippen LogP contribution < -0.4 is 10.1 Å². The van der Waals surface area contributed by atoms with Crippen LogP contribution in [0.4, 0.5) is 5.69 Å². The van der Waals surface area contributed by atoms with Gasteiger partial charge in [-0.15, -0.1) is 0 Å². The van der Waals surface area contributed by atoms with Crippen molar-refractivity contribution in [2.24, 2.45) is 0 Å². The van der Waals surface area contributed by atoms with Gasteiger partial charge < -0.3 is 10.1 Å². The predicted molar refractivity (Wildman–Crippen MR) is 87.2 cm³/mol. The Kier molecular flexibility index (Phi) is 3.84. The molecule has 0 aliphatic carbocycles. The molecule has 1 aliphatic heterocycles. The number of halogens is 2. The molecule has 98 valence electrons. The van der Waals surface area contributed by atoms with E-state index in [4.69, 9.17) is 16.3 Å². The number of hydrogen-bond donors (Lipinski definition) is 1. The van der Waals surface area contributed by atoms with Crippen molar-refractivity contribution < 1.29 is 4.74 Å². The summed E-state index contributed by atoms with van der Waals surface area (Å²) in [6, 6.07) is 14.2. The quantitative estimate of drug-likeness (QED) is 0.793. The topological polar surface area (TPSA) is 21.3 Å². The molecule has 0 radical (unpaired) electrons. The number of hydrogen-bond acceptors (Lipinski definition) is 2. The summed E-state index contributed by atoms with van der Waals surface area (Å²) in [6.07, 6.45) is 1.08. The smallest absolute Gasteiger partial charge is 0.123 e. The van der Waals surface area contributed by atoms with Gasteiger partial charge >= 0.3 is 0 Å². The van der Waals surface area contributed by atoms with E-state index in [1.165, 1.54) is 9.13 Å². The van der Waals surface area contributed by atoms with E-state index in [2.05, 4.69) is 52.2 Å². The molecule has 1 N–H and O–H groups in total. The lowest BCUT2D eigenvalue weighted by Crippen LogP contribution is -2.23. The molecule has 0 fully saturated rings. The normalized spacial score (nSPS) is 16.8. The van der Waals surface area contributed by atoms with E-state index in [9.17, 15) is 0 Å². The second-order valence-corrected chi connectivity index (χ2v) is 6.27. The molecule has 1 heterocycles. The Labute approximate surface area is 131 Å². The average molecular weight is 386 g/mol. The molecule has 0 bridgehead atoms.